The van der Waals surface area contributed by atoms with Crippen LogP contribution in [0.15, 0.2) is 48.5 Å². The molecule has 0 aromatic heterocycles. The number of benzene rings is 2. The Hall–Kier alpha value is -2.26. The van der Waals surface area contributed by atoms with Crippen LogP contribution in [0.3, 0.4) is 0 Å². The van der Waals surface area contributed by atoms with Crippen LogP contribution in [0.2, 0.25) is 0 Å². The first kappa shape index (κ1) is 15.1. The number of ether oxygens (including phenoxy) is 2. The lowest BCUT2D eigenvalue weighted by molar-refractivity contribution is 0.229. The van der Waals surface area contributed by atoms with Crippen molar-refractivity contribution in [3.05, 3.63) is 65.2 Å². The normalized spacial score (nSPS) is 12.4. The maximum absolute atomic E-state index is 10.2. The smallest absolute Gasteiger partial charge is 0.161 e. The molecule has 0 bridgehead atoms. The van der Waals surface area contributed by atoms with Gasteiger partial charge in [-0.3, -0.25) is 0 Å². The second-order valence-electron chi connectivity index (χ2n) is 4.77. The number of hydrogen-bond acceptors (Lipinski definition) is 3. The molecule has 3 nitrogen and oxygen atoms in total. The molecule has 0 aliphatic heterocycles. The molecule has 1 atom stereocenters. The third-order valence-electron chi connectivity index (χ3n) is 3.39. The van der Waals surface area contributed by atoms with E-state index in [2.05, 4.69) is 0 Å². The van der Waals surface area contributed by atoms with Crippen LogP contribution in [0.4, 0.5) is 0 Å². The molecule has 2 rings (SSSR count). The van der Waals surface area contributed by atoms with Gasteiger partial charge in [0.1, 0.15) is 0 Å². The van der Waals surface area contributed by atoms with Crippen LogP contribution in [0, 0.1) is 6.92 Å². The highest BCUT2D eigenvalue weighted by atomic mass is 16.5. The number of hydrogen-bond donors (Lipinski definition) is 1. The summed E-state index contributed by atoms with van der Waals surface area (Å²) in [7, 11) is 3.21. The van der Waals surface area contributed by atoms with Gasteiger partial charge in [0.05, 0.1) is 20.3 Å². The van der Waals surface area contributed by atoms with Gasteiger partial charge >= 0.3 is 0 Å². The standard InChI is InChI=1S/C18H20O3/c1-13-6-4-5-7-15(13)16(19)10-8-14-9-11-17(20-2)18(12-14)21-3/h4-12,16,19H,1-3H3/b10-8+. The SMILES string of the molecule is COc1ccc(/C=C/C(O)c2ccccc2C)cc1OC. The lowest BCUT2D eigenvalue weighted by Crippen LogP contribution is -1.96. The molecule has 2 aromatic carbocycles. The second-order valence-corrected chi connectivity index (χ2v) is 4.77. The Morgan fingerprint density at radius 1 is 1.00 bits per heavy atom. The van der Waals surface area contributed by atoms with Gasteiger partial charge < -0.3 is 14.6 Å². The molecule has 3 heteroatoms. The van der Waals surface area contributed by atoms with Crippen molar-refractivity contribution in [2.75, 3.05) is 14.2 Å². The lowest BCUT2D eigenvalue weighted by atomic mass is 10.0. The van der Waals surface area contributed by atoms with Gasteiger partial charge in [-0.2, -0.15) is 0 Å². The average Bonchev–Trinajstić information content (AvgIpc) is 2.52. The topological polar surface area (TPSA) is 38.7 Å². The van der Waals surface area contributed by atoms with Crippen LogP contribution in [0.25, 0.3) is 6.08 Å². The highest BCUT2D eigenvalue weighted by molar-refractivity contribution is 5.56. The van der Waals surface area contributed by atoms with Gasteiger partial charge in [0.2, 0.25) is 0 Å². The van der Waals surface area contributed by atoms with Crippen LogP contribution in [0.5, 0.6) is 11.5 Å². The Bertz CT molecular complexity index is 632. The summed E-state index contributed by atoms with van der Waals surface area (Å²) in [4.78, 5) is 0. The van der Waals surface area contributed by atoms with Gasteiger partial charge in [-0.1, -0.05) is 42.5 Å². The highest BCUT2D eigenvalue weighted by Crippen LogP contribution is 2.28. The lowest BCUT2D eigenvalue weighted by Gasteiger charge is -2.10. The Morgan fingerprint density at radius 2 is 1.71 bits per heavy atom. The van der Waals surface area contributed by atoms with Gasteiger partial charge in [0.15, 0.2) is 11.5 Å². The molecule has 2 aromatic rings. The second kappa shape index (κ2) is 6.95. The molecule has 0 saturated carbocycles. The van der Waals surface area contributed by atoms with E-state index in [4.69, 9.17) is 9.47 Å². The fourth-order valence-corrected chi connectivity index (χ4v) is 2.18. The molecule has 0 radical (unpaired) electrons. The van der Waals surface area contributed by atoms with Crippen LogP contribution in [-0.2, 0) is 0 Å². The van der Waals surface area contributed by atoms with Crippen molar-refractivity contribution in [2.24, 2.45) is 0 Å². The summed E-state index contributed by atoms with van der Waals surface area (Å²) in [6.45, 7) is 1.99. The van der Waals surface area contributed by atoms with Crippen molar-refractivity contribution in [1.29, 1.82) is 0 Å². The van der Waals surface area contributed by atoms with Gasteiger partial charge in [0, 0.05) is 0 Å². The number of aliphatic hydroxyl groups is 1. The maximum Gasteiger partial charge on any atom is 0.161 e. The van der Waals surface area contributed by atoms with E-state index in [0.29, 0.717) is 11.5 Å². The van der Waals surface area contributed by atoms with E-state index in [0.717, 1.165) is 16.7 Å². The Morgan fingerprint density at radius 3 is 2.38 bits per heavy atom. The monoisotopic (exact) mass is 284 g/mol. The third kappa shape index (κ3) is 3.64. The minimum absolute atomic E-state index is 0.626. The molecule has 0 aliphatic carbocycles. The minimum Gasteiger partial charge on any atom is -0.493 e. The summed E-state index contributed by atoms with van der Waals surface area (Å²) in [5, 5.41) is 10.2. The molecule has 1 unspecified atom stereocenters. The van der Waals surface area contributed by atoms with Gasteiger partial charge in [0.25, 0.3) is 0 Å². The highest BCUT2D eigenvalue weighted by Gasteiger charge is 2.06. The van der Waals surface area contributed by atoms with Crippen molar-refractivity contribution in [3.8, 4) is 11.5 Å². The first-order valence-electron chi connectivity index (χ1n) is 6.79. The average molecular weight is 284 g/mol. The van der Waals surface area contributed by atoms with Crippen molar-refractivity contribution in [1.82, 2.24) is 0 Å². The van der Waals surface area contributed by atoms with E-state index in [-0.39, 0.29) is 0 Å². The molecule has 21 heavy (non-hydrogen) atoms. The van der Waals surface area contributed by atoms with Crippen molar-refractivity contribution >= 4 is 6.08 Å². The molecule has 1 N–H and O–H groups in total. The molecular formula is C18H20O3. The molecule has 0 heterocycles. The molecular weight excluding hydrogens is 264 g/mol. The summed E-state index contributed by atoms with van der Waals surface area (Å²) in [6.07, 6.45) is 3.02. The predicted molar refractivity (Wildman–Crippen MR) is 84.7 cm³/mol. The third-order valence-corrected chi connectivity index (χ3v) is 3.39. The zero-order valence-electron chi connectivity index (χ0n) is 12.5. The van der Waals surface area contributed by atoms with E-state index in [1.807, 2.05) is 55.5 Å². The number of aliphatic hydroxyl groups excluding tert-OH is 1. The molecule has 0 saturated heterocycles. The van der Waals surface area contributed by atoms with Crippen LogP contribution in [-0.4, -0.2) is 19.3 Å². The zero-order chi connectivity index (χ0) is 15.2. The fraction of sp³-hybridized carbons (Fsp3) is 0.222. The molecule has 0 spiro atoms. The Balaban J connectivity index is 2.19. The predicted octanol–water partition coefficient (Wildman–Crippen LogP) is 3.76. The van der Waals surface area contributed by atoms with E-state index in [1.165, 1.54) is 0 Å². The van der Waals surface area contributed by atoms with E-state index in [1.54, 1.807) is 20.3 Å². The van der Waals surface area contributed by atoms with E-state index < -0.39 is 6.10 Å². The largest absolute Gasteiger partial charge is 0.493 e. The first-order chi connectivity index (χ1) is 10.2. The zero-order valence-corrected chi connectivity index (χ0v) is 12.5. The number of methoxy groups -OCH3 is 2. The minimum atomic E-state index is -0.626. The summed E-state index contributed by atoms with van der Waals surface area (Å²) in [6, 6.07) is 13.4. The quantitative estimate of drug-likeness (QED) is 0.908. The van der Waals surface area contributed by atoms with Crippen molar-refractivity contribution in [2.45, 2.75) is 13.0 Å². The van der Waals surface area contributed by atoms with Crippen LogP contribution < -0.4 is 9.47 Å². The summed E-state index contributed by atoms with van der Waals surface area (Å²) < 4.78 is 10.5. The van der Waals surface area contributed by atoms with E-state index >= 15 is 0 Å². The van der Waals surface area contributed by atoms with Crippen molar-refractivity contribution in [3.63, 3.8) is 0 Å². The van der Waals surface area contributed by atoms with Gasteiger partial charge in [-0.25, -0.2) is 0 Å². The van der Waals surface area contributed by atoms with Crippen molar-refractivity contribution < 1.29 is 14.6 Å². The molecule has 0 fully saturated rings. The molecule has 0 aliphatic rings. The maximum atomic E-state index is 10.2. The first-order valence-corrected chi connectivity index (χ1v) is 6.79. The van der Waals surface area contributed by atoms with Gasteiger partial charge in [-0.15, -0.1) is 0 Å². The molecule has 110 valence electrons. The summed E-state index contributed by atoms with van der Waals surface area (Å²) in [5.74, 6) is 1.36. The Labute approximate surface area is 125 Å². The van der Waals surface area contributed by atoms with Crippen LogP contribution >= 0.6 is 0 Å². The summed E-state index contributed by atoms with van der Waals surface area (Å²) >= 11 is 0. The fourth-order valence-electron chi connectivity index (χ4n) is 2.18. The van der Waals surface area contributed by atoms with Gasteiger partial charge in [-0.05, 0) is 35.7 Å². The number of rotatable bonds is 5. The number of aryl methyl sites for hydroxylation is 1. The summed E-state index contributed by atoms with van der Waals surface area (Å²) in [5.41, 5.74) is 2.93. The molecule has 0 amide bonds. The Kier molecular flexibility index (Phi) is 5.01. The van der Waals surface area contributed by atoms with Crippen LogP contribution in [0.1, 0.15) is 22.8 Å². The van der Waals surface area contributed by atoms with E-state index in [9.17, 15) is 5.11 Å².